The summed E-state index contributed by atoms with van der Waals surface area (Å²) >= 11 is 0. The number of carbonyl (C=O) groups is 4. The summed E-state index contributed by atoms with van der Waals surface area (Å²) in [6.45, 7) is 0. The number of aryl methyl sites for hydroxylation is 2. The van der Waals surface area contributed by atoms with E-state index in [0.29, 0.717) is 17.2 Å². The van der Waals surface area contributed by atoms with Crippen molar-refractivity contribution in [1.29, 1.82) is 0 Å². The number of nitrogens with zero attached hydrogens (tertiary/aromatic N) is 8. The van der Waals surface area contributed by atoms with E-state index in [1.807, 2.05) is 0 Å². The number of hydrogen-bond donors (Lipinski definition) is 4. The van der Waals surface area contributed by atoms with Crippen molar-refractivity contribution in [3.05, 3.63) is 125 Å². The van der Waals surface area contributed by atoms with Crippen molar-refractivity contribution in [2.75, 3.05) is 17.7 Å². The van der Waals surface area contributed by atoms with Gasteiger partial charge in [-0.2, -0.15) is 0 Å². The maximum Gasteiger partial charge on any atom is 0.337 e. The first-order chi connectivity index (χ1) is 25.1. The van der Waals surface area contributed by atoms with E-state index in [4.69, 9.17) is 4.74 Å². The number of nitrogens with one attached hydrogen (secondary N) is 2. The SMILES string of the molecule is COc1cc(C(=O)O)c(NC(=O)c2ccc(-n3ccnc3)nn2)cc1CCCc1cc(NC(=O)c2ccc(-n3ccnc3)nn2)c(C(=O)O)cc1F. The fourth-order valence-electron chi connectivity index (χ4n) is 5.18. The summed E-state index contributed by atoms with van der Waals surface area (Å²) in [4.78, 5) is 57.9. The molecule has 0 aliphatic rings. The normalized spacial score (nSPS) is 10.8. The molecule has 18 heteroatoms. The van der Waals surface area contributed by atoms with Gasteiger partial charge in [0, 0.05) is 24.8 Å². The van der Waals surface area contributed by atoms with Gasteiger partial charge in [-0.15, -0.1) is 20.4 Å². The summed E-state index contributed by atoms with van der Waals surface area (Å²) < 4.78 is 23.8. The van der Waals surface area contributed by atoms with E-state index in [1.54, 1.807) is 40.0 Å². The number of amides is 2. The van der Waals surface area contributed by atoms with Crippen LogP contribution in [0.2, 0.25) is 0 Å². The number of carbonyl (C=O) groups excluding carboxylic acids is 2. The zero-order chi connectivity index (χ0) is 36.8. The van der Waals surface area contributed by atoms with Crippen LogP contribution in [0.1, 0.15) is 59.2 Å². The van der Waals surface area contributed by atoms with Crippen LogP contribution in [0.25, 0.3) is 11.6 Å². The Morgan fingerprint density at radius 3 is 1.65 bits per heavy atom. The van der Waals surface area contributed by atoms with Crippen molar-refractivity contribution < 1.29 is 38.5 Å². The van der Waals surface area contributed by atoms with Gasteiger partial charge < -0.3 is 25.6 Å². The quantitative estimate of drug-likeness (QED) is 0.134. The Labute approximate surface area is 292 Å². The number of anilines is 2. The number of ether oxygens (including phenoxy) is 1. The van der Waals surface area contributed by atoms with Crippen molar-refractivity contribution in [3.8, 4) is 17.4 Å². The Hall–Kier alpha value is -7.37. The average Bonchev–Trinajstić information content (AvgIpc) is 3.89. The molecule has 17 nitrogen and oxygen atoms in total. The Bertz CT molecular complexity index is 2260. The summed E-state index contributed by atoms with van der Waals surface area (Å²) in [6.07, 6.45) is 9.99. The van der Waals surface area contributed by atoms with Crippen LogP contribution in [0, 0.1) is 5.82 Å². The molecule has 0 saturated heterocycles. The first kappa shape index (κ1) is 34.5. The summed E-state index contributed by atoms with van der Waals surface area (Å²) in [5.74, 6) is -4.02. The molecule has 0 fully saturated rings. The lowest BCUT2D eigenvalue weighted by molar-refractivity contribution is 0.0686. The molecule has 0 spiro atoms. The zero-order valence-electron chi connectivity index (χ0n) is 27.1. The molecule has 52 heavy (non-hydrogen) atoms. The molecule has 4 N–H and O–H groups in total. The van der Waals surface area contributed by atoms with Gasteiger partial charge >= 0.3 is 11.9 Å². The fraction of sp³-hybridized carbons (Fsp3) is 0.118. The largest absolute Gasteiger partial charge is 0.496 e. The molecule has 0 radical (unpaired) electrons. The van der Waals surface area contributed by atoms with Gasteiger partial charge in [-0.1, -0.05) is 0 Å². The number of carboxylic acid groups (broad SMARTS) is 2. The van der Waals surface area contributed by atoms with Crippen LogP contribution >= 0.6 is 0 Å². The number of imidazole rings is 2. The van der Waals surface area contributed by atoms with Crippen molar-refractivity contribution in [3.63, 3.8) is 0 Å². The van der Waals surface area contributed by atoms with Crippen LogP contribution in [-0.2, 0) is 12.8 Å². The van der Waals surface area contributed by atoms with Crippen LogP contribution in [0.5, 0.6) is 5.75 Å². The van der Waals surface area contributed by atoms with E-state index in [9.17, 15) is 29.4 Å². The highest BCUT2D eigenvalue weighted by atomic mass is 19.1. The maximum atomic E-state index is 15.2. The van der Waals surface area contributed by atoms with E-state index in [0.717, 1.165) is 6.07 Å². The lowest BCUT2D eigenvalue weighted by Gasteiger charge is -2.15. The Morgan fingerprint density at radius 1 is 0.712 bits per heavy atom. The van der Waals surface area contributed by atoms with Crippen molar-refractivity contribution in [2.45, 2.75) is 19.3 Å². The van der Waals surface area contributed by atoms with Crippen LogP contribution in [0.3, 0.4) is 0 Å². The van der Waals surface area contributed by atoms with Gasteiger partial charge in [0.2, 0.25) is 0 Å². The lowest BCUT2D eigenvalue weighted by atomic mass is 9.99. The Kier molecular flexibility index (Phi) is 9.97. The minimum atomic E-state index is -1.46. The summed E-state index contributed by atoms with van der Waals surface area (Å²) in [5.41, 5.74) is -0.462. The van der Waals surface area contributed by atoms with Crippen molar-refractivity contribution >= 4 is 35.1 Å². The number of aromatic carboxylic acids is 2. The monoisotopic (exact) mass is 706 g/mol. The second-order valence-electron chi connectivity index (χ2n) is 11.1. The minimum Gasteiger partial charge on any atom is -0.496 e. The molecule has 2 aromatic carbocycles. The van der Waals surface area contributed by atoms with Crippen LogP contribution in [0.4, 0.5) is 15.8 Å². The lowest BCUT2D eigenvalue weighted by Crippen LogP contribution is -2.18. The highest BCUT2D eigenvalue weighted by molar-refractivity contribution is 6.08. The van der Waals surface area contributed by atoms with Crippen LogP contribution < -0.4 is 15.4 Å². The number of aromatic nitrogens is 8. The van der Waals surface area contributed by atoms with Gasteiger partial charge in [-0.25, -0.2) is 23.9 Å². The highest BCUT2D eigenvalue weighted by Gasteiger charge is 2.21. The third-order valence-electron chi connectivity index (χ3n) is 7.76. The molecule has 2 amide bonds. The van der Waals surface area contributed by atoms with E-state index in [-0.39, 0.29) is 58.9 Å². The fourth-order valence-corrected chi connectivity index (χ4v) is 5.18. The molecule has 0 unspecified atom stereocenters. The molecule has 4 aromatic heterocycles. The van der Waals surface area contributed by atoms with Crippen LogP contribution in [0.15, 0.2) is 86.0 Å². The molecule has 6 rings (SSSR count). The average molecular weight is 707 g/mol. The number of carboxylic acids is 2. The molecular formula is C34H27FN10O7. The maximum absolute atomic E-state index is 15.2. The number of halogens is 1. The third-order valence-corrected chi connectivity index (χ3v) is 7.76. The number of benzene rings is 2. The molecule has 0 aliphatic heterocycles. The van der Waals surface area contributed by atoms with E-state index in [1.165, 1.54) is 56.2 Å². The molecule has 6 aromatic rings. The third kappa shape index (κ3) is 7.59. The van der Waals surface area contributed by atoms with Gasteiger partial charge in [-0.05, 0) is 78.9 Å². The second kappa shape index (κ2) is 15.0. The molecule has 0 atom stereocenters. The van der Waals surface area contributed by atoms with Gasteiger partial charge in [-0.3, -0.25) is 18.7 Å². The number of hydrogen-bond acceptors (Lipinski definition) is 11. The second-order valence-corrected chi connectivity index (χ2v) is 11.1. The first-order valence-corrected chi connectivity index (χ1v) is 15.4. The minimum absolute atomic E-state index is 0.0306. The van der Waals surface area contributed by atoms with Crippen LogP contribution in [-0.4, -0.2) is 80.6 Å². The standard InChI is InChI=1S/C34H27FN10O7/c1-52-28-16-22(34(50)51)27(39-32(47)25-6-8-30(43-41-25)45-12-10-37-18-45)14-20(28)4-2-3-19-13-26(21(33(48)49)15-23(19)35)38-31(46)24-5-7-29(42-40-24)44-11-9-36-17-44/h5-18H,2-4H2,1H3,(H,38,46)(H,39,47)(H,48,49)(H,50,51). The Morgan fingerprint density at radius 2 is 1.21 bits per heavy atom. The molecule has 0 bridgehead atoms. The zero-order valence-corrected chi connectivity index (χ0v) is 27.1. The summed E-state index contributed by atoms with van der Waals surface area (Å²) in [6, 6.07) is 10.7. The summed E-state index contributed by atoms with van der Waals surface area (Å²) in [7, 11) is 1.36. The van der Waals surface area contributed by atoms with Crippen molar-refractivity contribution in [1.82, 2.24) is 39.5 Å². The molecular weight excluding hydrogens is 679 g/mol. The topological polar surface area (TPSA) is 229 Å². The predicted molar refractivity (Wildman–Crippen MR) is 180 cm³/mol. The summed E-state index contributed by atoms with van der Waals surface area (Å²) in [5, 5.41) is 40.5. The highest BCUT2D eigenvalue weighted by Crippen LogP contribution is 2.30. The van der Waals surface area contributed by atoms with Gasteiger partial charge in [0.25, 0.3) is 11.8 Å². The Balaban J connectivity index is 1.18. The smallest absolute Gasteiger partial charge is 0.337 e. The molecule has 0 saturated carbocycles. The molecule has 0 aliphatic carbocycles. The molecule has 262 valence electrons. The molecule has 4 heterocycles. The predicted octanol–water partition coefficient (Wildman–Crippen LogP) is 3.86. The van der Waals surface area contributed by atoms with E-state index >= 15 is 4.39 Å². The first-order valence-electron chi connectivity index (χ1n) is 15.4. The number of rotatable bonds is 13. The van der Waals surface area contributed by atoms with E-state index < -0.39 is 35.1 Å². The number of methoxy groups -OCH3 is 1. The van der Waals surface area contributed by atoms with Gasteiger partial charge in [0.1, 0.15) is 24.2 Å². The van der Waals surface area contributed by atoms with E-state index in [2.05, 4.69) is 41.0 Å². The van der Waals surface area contributed by atoms with Gasteiger partial charge in [0.05, 0.1) is 29.6 Å². The van der Waals surface area contributed by atoms with Gasteiger partial charge in [0.15, 0.2) is 23.0 Å². The van der Waals surface area contributed by atoms with Crippen molar-refractivity contribution in [2.24, 2.45) is 0 Å².